The van der Waals surface area contributed by atoms with E-state index in [4.69, 9.17) is 5.11 Å². The standard InChI is InChI=1S/C5H12NO2/c1-6(2)3-5(8)4-7/h5,8H,3-4H2,1-2H3. The lowest BCUT2D eigenvalue weighted by atomic mass is 10.4. The zero-order valence-corrected chi connectivity index (χ0v) is 5.29. The molecule has 1 atom stereocenters. The van der Waals surface area contributed by atoms with Crippen LogP contribution in [-0.4, -0.2) is 43.4 Å². The van der Waals surface area contributed by atoms with Crippen molar-refractivity contribution in [2.24, 2.45) is 0 Å². The van der Waals surface area contributed by atoms with Crippen LogP contribution in [0.1, 0.15) is 0 Å². The molecule has 0 aromatic heterocycles. The SMILES string of the molecule is CN(C)CC(O)C[O]. The van der Waals surface area contributed by atoms with Gasteiger partial charge in [0.1, 0.15) is 6.61 Å². The van der Waals surface area contributed by atoms with Crippen LogP contribution >= 0.6 is 0 Å². The van der Waals surface area contributed by atoms with Gasteiger partial charge in [-0.3, -0.25) is 0 Å². The number of hydrogen-bond acceptors (Lipinski definition) is 2. The van der Waals surface area contributed by atoms with Crippen molar-refractivity contribution in [3.63, 3.8) is 0 Å². The average Bonchev–Trinajstić information content (AvgIpc) is 1.65. The lowest BCUT2D eigenvalue weighted by molar-refractivity contribution is 0.0393. The third-order valence-corrected chi connectivity index (χ3v) is 0.768. The molecule has 0 aliphatic rings. The Hall–Kier alpha value is -0.120. The maximum Gasteiger partial charge on any atom is 0.109 e. The third-order valence-electron chi connectivity index (χ3n) is 0.768. The average molecular weight is 118 g/mol. The van der Waals surface area contributed by atoms with Crippen LogP contribution in [0.4, 0.5) is 0 Å². The number of hydrogen-bond donors (Lipinski definition) is 1. The summed E-state index contributed by atoms with van der Waals surface area (Å²) in [5.74, 6) is 0. The summed E-state index contributed by atoms with van der Waals surface area (Å²) in [4.78, 5) is 1.78. The van der Waals surface area contributed by atoms with Gasteiger partial charge in [-0.05, 0) is 14.1 Å². The van der Waals surface area contributed by atoms with Gasteiger partial charge < -0.3 is 10.0 Å². The Balaban J connectivity index is 3.10. The molecule has 0 saturated heterocycles. The quantitative estimate of drug-likeness (QED) is 0.534. The van der Waals surface area contributed by atoms with Gasteiger partial charge in [0.15, 0.2) is 0 Å². The predicted molar refractivity (Wildman–Crippen MR) is 30.1 cm³/mol. The number of rotatable bonds is 3. The Bertz CT molecular complexity index is 56.4. The van der Waals surface area contributed by atoms with E-state index in [0.29, 0.717) is 6.54 Å². The summed E-state index contributed by atoms with van der Waals surface area (Å²) in [6, 6.07) is 0. The predicted octanol–water partition coefficient (Wildman–Crippen LogP) is -0.661. The highest BCUT2D eigenvalue weighted by Crippen LogP contribution is 1.82. The zero-order valence-electron chi connectivity index (χ0n) is 5.29. The maximum atomic E-state index is 9.89. The molecule has 3 heteroatoms. The summed E-state index contributed by atoms with van der Waals surface area (Å²) in [5, 5.41) is 18.6. The Kier molecular flexibility index (Phi) is 3.77. The lowest BCUT2D eigenvalue weighted by Gasteiger charge is -2.11. The summed E-state index contributed by atoms with van der Waals surface area (Å²) in [6.45, 7) is 0.0572. The molecule has 1 N–H and O–H groups in total. The Morgan fingerprint density at radius 3 is 2.25 bits per heavy atom. The van der Waals surface area contributed by atoms with E-state index >= 15 is 0 Å². The van der Waals surface area contributed by atoms with Crippen molar-refractivity contribution in [3.8, 4) is 0 Å². The van der Waals surface area contributed by atoms with Gasteiger partial charge in [0.2, 0.25) is 0 Å². The molecule has 0 fully saturated rings. The van der Waals surface area contributed by atoms with Crippen molar-refractivity contribution in [2.75, 3.05) is 27.2 Å². The van der Waals surface area contributed by atoms with Crippen molar-refractivity contribution >= 4 is 0 Å². The molecule has 3 nitrogen and oxygen atoms in total. The summed E-state index contributed by atoms with van der Waals surface area (Å²) < 4.78 is 0. The van der Waals surface area contributed by atoms with Gasteiger partial charge >= 0.3 is 0 Å². The van der Waals surface area contributed by atoms with E-state index in [-0.39, 0.29) is 0 Å². The fourth-order valence-electron chi connectivity index (χ4n) is 0.474. The minimum atomic E-state index is -0.704. The highest BCUT2D eigenvalue weighted by atomic mass is 16.3. The monoisotopic (exact) mass is 118 g/mol. The van der Waals surface area contributed by atoms with E-state index in [9.17, 15) is 5.11 Å². The first kappa shape index (κ1) is 7.88. The van der Waals surface area contributed by atoms with E-state index < -0.39 is 12.7 Å². The van der Waals surface area contributed by atoms with E-state index in [0.717, 1.165) is 0 Å². The van der Waals surface area contributed by atoms with E-state index in [1.165, 1.54) is 0 Å². The highest BCUT2D eigenvalue weighted by Gasteiger charge is 2.01. The largest absolute Gasteiger partial charge is 0.389 e. The van der Waals surface area contributed by atoms with Crippen molar-refractivity contribution in [1.29, 1.82) is 0 Å². The van der Waals surface area contributed by atoms with Crippen LogP contribution in [0.5, 0.6) is 0 Å². The second kappa shape index (κ2) is 3.83. The number of aliphatic hydroxyl groups excluding tert-OH is 1. The first-order valence-corrected chi connectivity index (χ1v) is 2.57. The fraction of sp³-hybridized carbons (Fsp3) is 1.00. The van der Waals surface area contributed by atoms with Gasteiger partial charge in [-0.2, -0.15) is 0 Å². The van der Waals surface area contributed by atoms with Gasteiger partial charge in [0.25, 0.3) is 0 Å². The molecule has 49 valence electrons. The molecule has 1 radical (unpaired) electrons. The Morgan fingerprint density at radius 1 is 1.62 bits per heavy atom. The Labute approximate surface area is 49.5 Å². The van der Waals surface area contributed by atoms with Crippen LogP contribution in [0.25, 0.3) is 0 Å². The molecular formula is C5H12NO2. The van der Waals surface area contributed by atoms with Crippen LogP contribution in [0.15, 0.2) is 0 Å². The van der Waals surface area contributed by atoms with E-state index in [1.54, 1.807) is 4.90 Å². The molecule has 1 unspecified atom stereocenters. The van der Waals surface area contributed by atoms with Gasteiger partial charge in [0, 0.05) is 6.54 Å². The van der Waals surface area contributed by atoms with Gasteiger partial charge in [-0.15, -0.1) is 0 Å². The molecule has 0 aliphatic heterocycles. The molecule has 0 heterocycles. The first-order valence-electron chi connectivity index (χ1n) is 2.57. The minimum Gasteiger partial charge on any atom is -0.389 e. The zero-order chi connectivity index (χ0) is 6.57. The summed E-state index contributed by atoms with van der Waals surface area (Å²) >= 11 is 0. The number of aliphatic hydroxyl groups is 1. The van der Waals surface area contributed by atoms with Gasteiger partial charge in [-0.25, -0.2) is 5.11 Å². The first-order chi connectivity index (χ1) is 3.66. The molecule has 0 saturated carbocycles. The van der Waals surface area contributed by atoms with E-state index in [1.807, 2.05) is 14.1 Å². The molecule has 0 amide bonds. The summed E-state index contributed by atoms with van der Waals surface area (Å²) in [6.07, 6.45) is -0.704. The van der Waals surface area contributed by atoms with Crippen LogP contribution < -0.4 is 0 Å². The molecule has 8 heavy (non-hydrogen) atoms. The number of likely N-dealkylation sites (N-methyl/N-ethyl adjacent to an activating group) is 1. The molecule has 0 aromatic rings. The maximum absolute atomic E-state index is 9.89. The Morgan fingerprint density at radius 2 is 2.12 bits per heavy atom. The molecule has 0 spiro atoms. The van der Waals surface area contributed by atoms with E-state index in [2.05, 4.69) is 0 Å². The van der Waals surface area contributed by atoms with Crippen LogP contribution in [-0.2, 0) is 5.11 Å². The molecule has 0 bridgehead atoms. The van der Waals surface area contributed by atoms with Crippen molar-refractivity contribution in [3.05, 3.63) is 0 Å². The summed E-state index contributed by atoms with van der Waals surface area (Å²) in [7, 11) is 3.64. The fourth-order valence-corrected chi connectivity index (χ4v) is 0.474. The smallest absolute Gasteiger partial charge is 0.109 e. The van der Waals surface area contributed by atoms with Crippen LogP contribution in [0.3, 0.4) is 0 Å². The number of nitrogens with zero attached hydrogens (tertiary/aromatic N) is 1. The topological polar surface area (TPSA) is 43.4 Å². The van der Waals surface area contributed by atoms with Crippen molar-refractivity contribution in [1.82, 2.24) is 4.90 Å². The second-order valence-corrected chi connectivity index (χ2v) is 2.08. The van der Waals surface area contributed by atoms with Crippen LogP contribution in [0, 0.1) is 0 Å². The molecule has 0 aromatic carbocycles. The normalized spacial score (nSPS) is 14.6. The summed E-state index contributed by atoms with van der Waals surface area (Å²) in [5.41, 5.74) is 0. The third kappa shape index (κ3) is 4.05. The highest BCUT2D eigenvalue weighted by molar-refractivity contribution is 4.54. The van der Waals surface area contributed by atoms with Gasteiger partial charge in [0.05, 0.1) is 6.10 Å². The second-order valence-electron chi connectivity index (χ2n) is 2.08. The lowest BCUT2D eigenvalue weighted by Crippen LogP contribution is -2.27. The van der Waals surface area contributed by atoms with Gasteiger partial charge in [-0.1, -0.05) is 0 Å². The van der Waals surface area contributed by atoms with Crippen molar-refractivity contribution in [2.45, 2.75) is 6.10 Å². The van der Waals surface area contributed by atoms with Crippen LogP contribution in [0.2, 0.25) is 0 Å². The molecule has 0 aliphatic carbocycles. The minimum absolute atomic E-state index is 0.405. The molecule has 0 rings (SSSR count). The molecular weight excluding hydrogens is 106 g/mol. The van der Waals surface area contributed by atoms with Crippen molar-refractivity contribution < 1.29 is 10.2 Å².